The fourth-order valence-corrected chi connectivity index (χ4v) is 0.898. The Morgan fingerprint density at radius 3 is 2.43 bits per heavy atom. The Bertz CT molecular complexity index is 54.0. The van der Waals surface area contributed by atoms with Crippen molar-refractivity contribution >= 4 is 8.46 Å². The van der Waals surface area contributed by atoms with E-state index in [0.29, 0.717) is 5.66 Å². The summed E-state index contributed by atoms with van der Waals surface area (Å²) in [6, 6.07) is 0. The van der Waals surface area contributed by atoms with E-state index < -0.39 is 0 Å². The molecule has 0 amide bonds. The molecule has 0 aliphatic heterocycles. The summed E-state index contributed by atoms with van der Waals surface area (Å²) in [5.74, 6) is 0. The summed E-state index contributed by atoms with van der Waals surface area (Å²) >= 11 is 0. The quantitative estimate of drug-likeness (QED) is 0.520. The van der Waals surface area contributed by atoms with E-state index in [1.807, 2.05) is 6.92 Å². The molecule has 0 spiro atoms. The van der Waals surface area contributed by atoms with Gasteiger partial charge in [0.05, 0.1) is 0 Å². The van der Waals surface area contributed by atoms with Gasteiger partial charge in [-0.05, 0) is 13.3 Å². The molecule has 0 heterocycles. The molecule has 0 bridgehead atoms. The Hall–Kier alpha value is 0.100. The van der Waals surface area contributed by atoms with Crippen LogP contribution in [0.15, 0.2) is 0 Å². The molecule has 0 saturated carbocycles. The summed E-state index contributed by atoms with van der Waals surface area (Å²) in [5, 5.41) is 0. The summed E-state index contributed by atoms with van der Waals surface area (Å²) in [6.07, 6.45) is 2.25. The van der Waals surface area contributed by atoms with E-state index in [9.17, 15) is 4.57 Å². The first kappa shape index (κ1) is 7.10. The molecular weight excluding hydrogens is 107 g/mol. The van der Waals surface area contributed by atoms with Crippen LogP contribution in [0.4, 0.5) is 0 Å². The molecule has 0 radical (unpaired) electrons. The molecule has 0 aliphatic carbocycles. The SMILES string of the molecule is CCCC(C)[PH+]=O. The third kappa shape index (κ3) is 3.94. The van der Waals surface area contributed by atoms with Gasteiger partial charge in [0.25, 0.3) is 0 Å². The lowest BCUT2D eigenvalue weighted by Gasteiger charge is -1.86. The van der Waals surface area contributed by atoms with Crippen LogP contribution in [0.1, 0.15) is 26.7 Å². The number of rotatable bonds is 3. The molecule has 0 N–H and O–H groups in total. The van der Waals surface area contributed by atoms with Crippen LogP contribution in [0.5, 0.6) is 0 Å². The summed E-state index contributed by atoms with van der Waals surface area (Å²) in [7, 11) is -0.112. The van der Waals surface area contributed by atoms with Gasteiger partial charge < -0.3 is 0 Å². The van der Waals surface area contributed by atoms with Crippen LogP contribution in [0.2, 0.25) is 0 Å². The van der Waals surface area contributed by atoms with Crippen molar-refractivity contribution in [2.45, 2.75) is 32.3 Å². The van der Waals surface area contributed by atoms with Gasteiger partial charge in [0, 0.05) is 0 Å². The molecule has 0 aromatic heterocycles. The van der Waals surface area contributed by atoms with Crippen molar-refractivity contribution in [3.63, 3.8) is 0 Å². The maximum atomic E-state index is 10.0. The monoisotopic (exact) mass is 119 g/mol. The smallest absolute Gasteiger partial charge is 0.0772 e. The van der Waals surface area contributed by atoms with Crippen molar-refractivity contribution < 1.29 is 4.57 Å². The molecule has 0 aromatic carbocycles. The molecule has 0 saturated heterocycles. The topological polar surface area (TPSA) is 17.1 Å². The molecule has 0 aliphatic rings. The Morgan fingerprint density at radius 1 is 1.71 bits per heavy atom. The van der Waals surface area contributed by atoms with Crippen molar-refractivity contribution in [3.8, 4) is 0 Å². The number of hydrogen-bond donors (Lipinski definition) is 0. The predicted molar refractivity (Wildman–Crippen MR) is 33.4 cm³/mol. The molecule has 0 fully saturated rings. The lowest BCUT2D eigenvalue weighted by Crippen LogP contribution is -1.86. The highest BCUT2D eigenvalue weighted by Crippen LogP contribution is 2.10. The van der Waals surface area contributed by atoms with E-state index in [4.69, 9.17) is 0 Å². The highest BCUT2D eigenvalue weighted by molar-refractivity contribution is 7.24. The van der Waals surface area contributed by atoms with E-state index in [0.717, 1.165) is 12.8 Å². The van der Waals surface area contributed by atoms with Gasteiger partial charge in [-0.1, -0.05) is 17.9 Å². The Labute approximate surface area is 46.3 Å². The zero-order valence-corrected chi connectivity index (χ0v) is 5.90. The minimum absolute atomic E-state index is 0.112. The largest absolute Gasteiger partial charge is 0.327 e. The zero-order chi connectivity index (χ0) is 5.70. The fraction of sp³-hybridized carbons (Fsp3) is 1.00. The Balaban J connectivity index is 2.98. The second kappa shape index (κ2) is 4.26. The van der Waals surface area contributed by atoms with Gasteiger partial charge >= 0.3 is 8.46 Å². The van der Waals surface area contributed by atoms with Crippen molar-refractivity contribution in [3.05, 3.63) is 0 Å². The van der Waals surface area contributed by atoms with Crippen molar-refractivity contribution in [2.75, 3.05) is 0 Å². The molecule has 0 rings (SSSR count). The van der Waals surface area contributed by atoms with Crippen LogP contribution in [0.25, 0.3) is 0 Å². The lowest BCUT2D eigenvalue weighted by atomic mass is 10.3. The molecular formula is C5H12OP+. The lowest BCUT2D eigenvalue weighted by molar-refractivity contribution is 0.588. The van der Waals surface area contributed by atoms with Gasteiger partial charge in [-0.2, -0.15) is 0 Å². The molecule has 7 heavy (non-hydrogen) atoms. The molecule has 42 valence electrons. The van der Waals surface area contributed by atoms with Gasteiger partial charge in [0.2, 0.25) is 0 Å². The van der Waals surface area contributed by atoms with E-state index in [-0.39, 0.29) is 8.46 Å². The minimum atomic E-state index is -0.112. The van der Waals surface area contributed by atoms with E-state index >= 15 is 0 Å². The summed E-state index contributed by atoms with van der Waals surface area (Å²) in [6.45, 7) is 4.12. The van der Waals surface area contributed by atoms with Crippen molar-refractivity contribution in [1.82, 2.24) is 0 Å². The van der Waals surface area contributed by atoms with Gasteiger partial charge in [-0.25, -0.2) is 0 Å². The minimum Gasteiger partial charge on any atom is -0.0772 e. The molecule has 1 nitrogen and oxygen atoms in total. The van der Waals surface area contributed by atoms with E-state index in [2.05, 4.69) is 6.92 Å². The van der Waals surface area contributed by atoms with Crippen molar-refractivity contribution in [1.29, 1.82) is 0 Å². The van der Waals surface area contributed by atoms with Gasteiger partial charge in [-0.3, -0.25) is 0 Å². The molecule has 0 aromatic rings. The zero-order valence-electron chi connectivity index (χ0n) is 4.90. The van der Waals surface area contributed by atoms with Crippen molar-refractivity contribution in [2.24, 2.45) is 0 Å². The standard InChI is InChI=1S/C5H11OP/c1-3-4-5(2)7-6/h5H,3-4H2,1-2H3/p+1. The number of hydrogen-bond acceptors (Lipinski definition) is 1. The van der Waals surface area contributed by atoms with Gasteiger partial charge in [-0.15, -0.1) is 0 Å². The average molecular weight is 119 g/mol. The Morgan fingerprint density at radius 2 is 2.29 bits per heavy atom. The normalized spacial score (nSPS) is 14.6. The average Bonchev–Trinajstić information content (AvgIpc) is 1.68. The first-order valence-electron chi connectivity index (χ1n) is 2.69. The first-order chi connectivity index (χ1) is 3.31. The van der Waals surface area contributed by atoms with Crippen LogP contribution in [-0.2, 0) is 4.57 Å². The van der Waals surface area contributed by atoms with Gasteiger partial charge in [0.15, 0.2) is 5.66 Å². The molecule has 2 unspecified atom stereocenters. The van der Waals surface area contributed by atoms with E-state index in [1.54, 1.807) is 0 Å². The van der Waals surface area contributed by atoms with Crippen LogP contribution in [-0.4, -0.2) is 5.66 Å². The third-order valence-electron chi connectivity index (χ3n) is 0.923. The van der Waals surface area contributed by atoms with Crippen LogP contribution in [0.3, 0.4) is 0 Å². The summed E-state index contributed by atoms with van der Waals surface area (Å²) in [5.41, 5.74) is 0.421. The maximum absolute atomic E-state index is 10.0. The second-order valence-electron chi connectivity index (χ2n) is 1.81. The summed E-state index contributed by atoms with van der Waals surface area (Å²) in [4.78, 5) is 0. The van der Waals surface area contributed by atoms with E-state index in [1.165, 1.54) is 0 Å². The predicted octanol–water partition coefficient (Wildman–Crippen LogP) is 2.20. The maximum Gasteiger partial charge on any atom is 0.327 e. The van der Waals surface area contributed by atoms with Crippen LogP contribution in [0, 0.1) is 0 Å². The Kier molecular flexibility index (Phi) is 4.32. The van der Waals surface area contributed by atoms with Gasteiger partial charge in [0.1, 0.15) is 0 Å². The highest BCUT2D eigenvalue weighted by atomic mass is 31.1. The molecule has 2 heteroatoms. The van der Waals surface area contributed by atoms with Crippen LogP contribution >= 0.6 is 8.46 Å². The summed E-state index contributed by atoms with van der Waals surface area (Å²) < 4.78 is 10.0. The first-order valence-corrected chi connectivity index (χ1v) is 3.67. The molecule has 2 atom stereocenters. The third-order valence-corrected chi connectivity index (χ3v) is 1.61. The highest BCUT2D eigenvalue weighted by Gasteiger charge is 2.03. The second-order valence-corrected chi connectivity index (χ2v) is 3.03. The van der Waals surface area contributed by atoms with Crippen LogP contribution < -0.4 is 0 Å². The fourth-order valence-electron chi connectivity index (χ4n) is 0.492.